The van der Waals surface area contributed by atoms with Crippen LogP contribution in [-0.2, 0) is 6.54 Å². The highest BCUT2D eigenvalue weighted by atomic mass is 35.5. The molecule has 0 radical (unpaired) electrons. The fourth-order valence-electron chi connectivity index (χ4n) is 3.40. The Labute approximate surface area is 136 Å². The molecule has 1 aromatic rings. The van der Waals surface area contributed by atoms with E-state index in [-0.39, 0.29) is 6.10 Å². The molecule has 0 aromatic carbocycles. The van der Waals surface area contributed by atoms with Crippen molar-refractivity contribution in [2.45, 2.75) is 26.5 Å². The first kappa shape index (κ1) is 15.6. The smallest absolute Gasteiger partial charge is 0.129 e. The molecule has 5 nitrogen and oxygen atoms in total. The van der Waals surface area contributed by atoms with E-state index in [0.29, 0.717) is 5.15 Å². The molecule has 3 rings (SSSR count). The molecule has 120 valence electrons. The monoisotopic (exact) mass is 322 g/mol. The summed E-state index contributed by atoms with van der Waals surface area (Å²) < 4.78 is 0. The van der Waals surface area contributed by atoms with Crippen LogP contribution in [0.1, 0.15) is 19.4 Å². The maximum Gasteiger partial charge on any atom is 0.129 e. The maximum absolute atomic E-state index is 9.60. The molecule has 1 unspecified atom stereocenters. The minimum absolute atomic E-state index is 0.284. The third kappa shape index (κ3) is 3.37. The molecule has 6 heteroatoms. The van der Waals surface area contributed by atoms with Crippen molar-refractivity contribution in [2.75, 3.05) is 32.8 Å². The van der Waals surface area contributed by atoms with Gasteiger partial charge in [-0.05, 0) is 31.1 Å². The highest BCUT2D eigenvalue weighted by Gasteiger charge is 2.32. The van der Waals surface area contributed by atoms with E-state index in [4.69, 9.17) is 11.6 Å². The quantitative estimate of drug-likeness (QED) is 0.855. The molecule has 1 atom stereocenters. The predicted molar refractivity (Wildman–Crippen MR) is 87.2 cm³/mol. The van der Waals surface area contributed by atoms with Crippen molar-refractivity contribution in [1.29, 1.82) is 0 Å². The number of hydrogen-bond acceptors (Lipinski definition) is 5. The zero-order valence-corrected chi connectivity index (χ0v) is 13.9. The Bertz CT molecular complexity index is 558. The van der Waals surface area contributed by atoms with E-state index in [0.717, 1.165) is 39.4 Å². The van der Waals surface area contributed by atoms with Crippen molar-refractivity contribution in [2.24, 2.45) is 0 Å². The number of nitrogens with zero attached hydrogens (tertiary/aromatic N) is 4. The summed E-state index contributed by atoms with van der Waals surface area (Å²) in [5, 5.41) is 10.1. The number of aliphatic hydroxyl groups is 1. The van der Waals surface area contributed by atoms with Crippen LogP contribution in [0.5, 0.6) is 0 Å². The second kappa shape index (κ2) is 6.44. The first-order chi connectivity index (χ1) is 10.5. The van der Waals surface area contributed by atoms with Gasteiger partial charge in [-0.15, -0.1) is 0 Å². The van der Waals surface area contributed by atoms with Crippen LogP contribution >= 0.6 is 11.6 Å². The zero-order chi connectivity index (χ0) is 15.7. The van der Waals surface area contributed by atoms with Gasteiger partial charge in [-0.1, -0.05) is 17.7 Å². The lowest BCUT2D eigenvalue weighted by Gasteiger charge is -2.38. The van der Waals surface area contributed by atoms with Crippen LogP contribution in [0.2, 0.25) is 5.15 Å². The Kier molecular flexibility index (Phi) is 4.57. The van der Waals surface area contributed by atoms with Crippen molar-refractivity contribution in [3.05, 3.63) is 40.4 Å². The van der Waals surface area contributed by atoms with Crippen LogP contribution < -0.4 is 0 Å². The van der Waals surface area contributed by atoms with Gasteiger partial charge in [0, 0.05) is 38.9 Å². The topological polar surface area (TPSA) is 42.8 Å². The van der Waals surface area contributed by atoms with E-state index in [2.05, 4.69) is 26.6 Å². The molecule has 0 amide bonds. The second-order valence-electron chi connectivity index (χ2n) is 6.28. The van der Waals surface area contributed by atoms with Gasteiger partial charge in [0.25, 0.3) is 0 Å². The Hall–Kier alpha value is -1.30. The summed E-state index contributed by atoms with van der Waals surface area (Å²) in [4.78, 5) is 11.3. The molecule has 0 spiro atoms. The second-order valence-corrected chi connectivity index (χ2v) is 6.67. The number of aromatic nitrogens is 1. The number of pyridine rings is 1. The molecule has 0 bridgehead atoms. The molecule has 0 saturated carbocycles. The van der Waals surface area contributed by atoms with Crippen molar-refractivity contribution >= 4 is 11.6 Å². The standard InChI is InChI=1S/C16H23ClN4O/c1-12-8-19(9-13(2)22)11-21-6-5-20(16(12)21)10-14-3-4-15(17)18-7-14/h3-4,7,13,22H,5-6,8-11H2,1-2H3. The largest absolute Gasteiger partial charge is 0.392 e. The summed E-state index contributed by atoms with van der Waals surface area (Å²) >= 11 is 5.85. The number of hydrogen-bond donors (Lipinski definition) is 1. The normalized spacial score (nSPS) is 20.5. The summed E-state index contributed by atoms with van der Waals surface area (Å²) in [5.74, 6) is 1.34. The molecule has 1 fully saturated rings. The lowest BCUT2D eigenvalue weighted by atomic mass is 10.2. The highest BCUT2D eigenvalue weighted by molar-refractivity contribution is 6.29. The third-order valence-electron chi connectivity index (χ3n) is 4.14. The van der Waals surface area contributed by atoms with Crippen LogP contribution in [-0.4, -0.2) is 63.7 Å². The van der Waals surface area contributed by atoms with Gasteiger partial charge >= 0.3 is 0 Å². The number of halogens is 1. The Morgan fingerprint density at radius 2 is 2.18 bits per heavy atom. The minimum Gasteiger partial charge on any atom is -0.392 e. The first-order valence-corrected chi connectivity index (χ1v) is 8.11. The van der Waals surface area contributed by atoms with Gasteiger partial charge in [0.05, 0.1) is 12.8 Å². The highest BCUT2D eigenvalue weighted by Crippen LogP contribution is 2.28. The summed E-state index contributed by atoms with van der Waals surface area (Å²) in [7, 11) is 0. The van der Waals surface area contributed by atoms with Crippen LogP contribution in [0, 0.1) is 0 Å². The third-order valence-corrected chi connectivity index (χ3v) is 4.36. The SMILES string of the molecule is CC1=C2N(Cc3ccc(Cl)nc3)CCN2CN(CC(C)O)C1. The minimum atomic E-state index is -0.284. The Morgan fingerprint density at radius 3 is 2.86 bits per heavy atom. The van der Waals surface area contributed by atoms with E-state index < -0.39 is 0 Å². The van der Waals surface area contributed by atoms with Crippen LogP contribution in [0.4, 0.5) is 0 Å². The molecule has 1 aromatic heterocycles. The van der Waals surface area contributed by atoms with E-state index in [1.807, 2.05) is 25.3 Å². The summed E-state index contributed by atoms with van der Waals surface area (Å²) in [6, 6.07) is 3.88. The first-order valence-electron chi connectivity index (χ1n) is 7.73. The Morgan fingerprint density at radius 1 is 1.36 bits per heavy atom. The number of β-amino-alcohol motifs (C(OH)–C–C–N with tert-alkyl or cyclic N) is 1. The summed E-state index contributed by atoms with van der Waals surface area (Å²) in [6.07, 6.45) is 1.57. The molecule has 2 aliphatic heterocycles. The van der Waals surface area contributed by atoms with Gasteiger partial charge < -0.3 is 14.9 Å². The van der Waals surface area contributed by atoms with E-state index in [9.17, 15) is 5.11 Å². The molecule has 3 heterocycles. The summed E-state index contributed by atoms with van der Waals surface area (Å²) in [6.45, 7) is 9.50. The van der Waals surface area contributed by atoms with Crippen molar-refractivity contribution < 1.29 is 5.11 Å². The lowest BCUT2D eigenvalue weighted by Crippen LogP contribution is -2.45. The molecule has 2 aliphatic rings. The fraction of sp³-hybridized carbons (Fsp3) is 0.562. The van der Waals surface area contributed by atoms with Crippen molar-refractivity contribution in [3.8, 4) is 0 Å². The zero-order valence-electron chi connectivity index (χ0n) is 13.2. The molecule has 1 saturated heterocycles. The number of aliphatic hydroxyl groups excluding tert-OH is 1. The van der Waals surface area contributed by atoms with Gasteiger partial charge in [-0.2, -0.15) is 0 Å². The van der Waals surface area contributed by atoms with E-state index >= 15 is 0 Å². The van der Waals surface area contributed by atoms with Gasteiger partial charge in [0.1, 0.15) is 11.0 Å². The molecule has 22 heavy (non-hydrogen) atoms. The summed E-state index contributed by atoms with van der Waals surface area (Å²) in [5.41, 5.74) is 2.55. The van der Waals surface area contributed by atoms with Gasteiger partial charge in [-0.3, -0.25) is 4.90 Å². The molecule has 0 aliphatic carbocycles. The molecular formula is C16H23ClN4O. The van der Waals surface area contributed by atoms with E-state index in [1.165, 1.54) is 17.0 Å². The molecule has 1 N–H and O–H groups in total. The van der Waals surface area contributed by atoms with E-state index in [1.54, 1.807) is 0 Å². The van der Waals surface area contributed by atoms with Crippen molar-refractivity contribution in [3.63, 3.8) is 0 Å². The van der Waals surface area contributed by atoms with Crippen LogP contribution in [0.3, 0.4) is 0 Å². The maximum atomic E-state index is 9.60. The van der Waals surface area contributed by atoms with Gasteiger partial charge in [-0.25, -0.2) is 4.98 Å². The molecular weight excluding hydrogens is 300 g/mol. The lowest BCUT2D eigenvalue weighted by molar-refractivity contribution is 0.0869. The average molecular weight is 323 g/mol. The van der Waals surface area contributed by atoms with Crippen molar-refractivity contribution in [1.82, 2.24) is 19.7 Å². The Balaban J connectivity index is 1.72. The predicted octanol–water partition coefficient (Wildman–Crippen LogP) is 1.74. The fourth-order valence-corrected chi connectivity index (χ4v) is 3.51. The number of fused-ring (bicyclic) bond motifs is 1. The average Bonchev–Trinajstić information content (AvgIpc) is 2.84. The van der Waals surface area contributed by atoms with Gasteiger partial charge in [0.2, 0.25) is 0 Å². The number of rotatable bonds is 4. The van der Waals surface area contributed by atoms with Crippen LogP contribution in [0.25, 0.3) is 0 Å². The van der Waals surface area contributed by atoms with Crippen LogP contribution in [0.15, 0.2) is 29.7 Å². The van der Waals surface area contributed by atoms with Gasteiger partial charge in [0.15, 0.2) is 0 Å².